The second kappa shape index (κ2) is 8.61. The van der Waals surface area contributed by atoms with E-state index in [1.807, 2.05) is 13.0 Å². The number of aryl methyl sites for hydroxylation is 1. The maximum Gasteiger partial charge on any atom is 0.339 e. The molecule has 4 heteroatoms. The summed E-state index contributed by atoms with van der Waals surface area (Å²) in [6.45, 7) is 8.17. The van der Waals surface area contributed by atoms with Crippen molar-refractivity contribution in [3.05, 3.63) is 34.4 Å². The lowest BCUT2D eigenvalue weighted by Crippen LogP contribution is -2.06. The van der Waals surface area contributed by atoms with Crippen LogP contribution >= 0.6 is 0 Å². The minimum atomic E-state index is -1.15. The molecule has 0 amide bonds. The predicted octanol–water partition coefficient (Wildman–Crippen LogP) is 4.67. The standard InChI is InChI=1S/C19H28O4/c1-5-6-7-8-14-11-16(20)15(10-9-13(4)12(2)3)18(21)17(14)19(22)23/h9,11-12,20-21H,5-8,10H2,1-4H3,(H,22,23). The molecule has 0 saturated heterocycles. The molecule has 0 atom stereocenters. The number of carboxylic acid groups (broad SMARTS) is 1. The smallest absolute Gasteiger partial charge is 0.339 e. The first-order valence-corrected chi connectivity index (χ1v) is 8.26. The molecule has 0 aliphatic carbocycles. The molecule has 1 rings (SSSR count). The summed E-state index contributed by atoms with van der Waals surface area (Å²) in [5.41, 5.74) is 1.83. The summed E-state index contributed by atoms with van der Waals surface area (Å²) in [5, 5.41) is 30.0. The Labute approximate surface area is 138 Å². The van der Waals surface area contributed by atoms with Gasteiger partial charge in [0.1, 0.15) is 17.1 Å². The van der Waals surface area contributed by atoms with Crippen LogP contribution < -0.4 is 0 Å². The molecule has 0 aromatic heterocycles. The molecule has 0 bridgehead atoms. The van der Waals surface area contributed by atoms with E-state index in [1.54, 1.807) is 0 Å². The van der Waals surface area contributed by atoms with E-state index in [1.165, 1.54) is 6.07 Å². The molecule has 1 aromatic carbocycles. The number of hydrogen-bond acceptors (Lipinski definition) is 3. The number of unbranched alkanes of at least 4 members (excludes halogenated alkanes) is 2. The van der Waals surface area contributed by atoms with Gasteiger partial charge in [-0.2, -0.15) is 0 Å². The quantitative estimate of drug-likeness (QED) is 0.480. The van der Waals surface area contributed by atoms with Gasteiger partial charge in [-0.05, 0) is 43.7 Å². The van der Waals surface area contributed by atoms with Gasteiger partial charge in [-0.25, -0.2) is 4.79 Å². The maximum absolute atomic E-state index is 11.5. The highest BCUT2D eigenvalue weighted by Gasteiger charge is 2.21. The number of allylic oxidation sites excluding steroid dienone is 2. The summed E-state index contributed by atoms with van der Waals surface area (Å²) in [6.07, 6.45) is 5.62. The van der Waals surface area contributed by atoms with Crippen LogP contribution in [-0.2, 0) is 12.8 Å². The summed E-state index contributed by atoms with van der Waals surface area (Å²) >= 11 is 0. The van der Waals surface area contributed by atoms with E-state index in [-0.39, 0.29) is 22.6 Å². The van der Waals surface area contributed by atoms with E-state index in [4.69, 9.17) is 0 Å². The van der Waals surface area contributed by atoms with Gasteiger partial charge < -0.3 is 15.3 Å². The van der Waals surface area contributed by atoms with Crippen LogP contribution in [0.25, 0.3) is 0 Å². The minimum Gasteiger partial charge on any atom is -0.508 e. The third-order valence-electron chi connectivity index (χ3n) is 4.27. The van der Waals surface area contributed by atoms with Crippen LogP contribution in [-0.4, -0.2) is 21.3 Å². The lowest BCUT2D eigenvalue weighted by atomic mass is 9.94. The van der Waals surface area contributed by atoms with Crippen molar-refractivity contribution in [2.45, 2.75) is 59.8 Å². The topological polar surface area (TPSA) is 77.8 Å². The van der Waals surface area contributed by atoms with Gasteiger partial charge in [-0.15, -0.1) is 0 Å². The van der Waals surface area contributed by atoms with Gasteiger partial charge >= 0.3 is 5.97 Å². The molecule has 0 heterocycles. The fourth-order valence-electron chi connectivity index (χ4n) is 2.45. The number of benzene rings is 1. The van der Waals surface area contributed by atoms with Crippen LogP contribution in [0.3, 0.4) is 0 Å². The number of phenolic OH excluding ortho intramolecular Hbond substituents is 1. The van der Waals surface area contributed by atoms with Gasteiger partial charge in [0.25, 0.3) is 0 Å². The number of hydrogen-bond donors (Lipinski definition) is 3. The molecule has 0 radical (unpaired) electrons. The zero-order chi connectivity index (χ0) is 17.6. The minimum absolute atomic E-state index is 0.0354. The number of aromatic hydroxyl groups is 2. The van der Waals surface area contributed by atoms with Crippen LogP contribution in [0, 0.1) is 5.92 Å². The average molecular weight is 320 g/mol. The van der Waals surface area contributed by atoms with E-state index in [9.17, 15) is 20.1 Å². The van der Waals surface area contributed by atoms with Crippen molar-refractivity contribution in [2.24, 2.45) is 5.92 Å². The molecule has 0 saturated carbocycles. The number of phenols is 2. The second-order valence-electron chi connectivity index (χ2n) is 6.33. The maximum atomic E-state index is 11.5. The Kier molecular flexibility index (Phi) is 7.14. The third kappa shape index (κ3) is 5.02. The first-order chi connectivity index (χ1) is 10.8. The number of rotatable bonds is 8. The van der Waals surface area contributed by atoms with Gasteiger partial charge in [-0.1, -0.05) is 45.3 Å². The van der Waals surface area contributed by atoms with Crippen molar-refractivity contribution in [1.29, 1.82) is 0 Å². The summed E-state index contributed by atoms with van der Waals surface area (Å²) in [4.78, 5) is 11.5. The predicted molar refractivity (Wildman–Crippen MR) is 92.3 cm³/mol. The van der Waals surface area contributed by atoms with Crippen molar-refractivity contribution in [1.82, 2.24) is 0 Å². The van der Waals surface area contributed by atoms with Crippen LogP contribution in [0.2, 0.25) is 0 Å². The monoisotopic (exact) mass is 320 g/mol. The Morgan fingerprint density at radius 2 is 1.91 bits per heavy atom. The summed E-state index contributed by atoms with van der Waals surface area (Å²) in [6, 6.07) is 1.49. The highest BCUT2D eigenvalue weighted by Crippen LogP contribution is 2.35. The molecule has 1 aromatic rings. The molecule has 23 heavy (non-hydrogen) atoms. The molecule has 128 valence electrons. The zero-order valence-electron chi connectivity index (χ0n) is 14.5. The highest BCUT2D eigenvalue weighted by atomic mass is 16.4. The molecule has 4 nitrogen and oxygen atoms in total. The first-order valence-electron chi connectivity index (χ1n) is 8.26. The van der Waals surface area contributed by atoms with Crippen molar-refractivity contribution >= 4 is 5.97 Å². The number of carboxylic acids is 1. The largest absolute Gasteiger partial charge is 0.508 e. The van der Waals surface area contributed by atoms with Crippen molar-refractivity contribution < 1.29 is 20.1 Å². The van der Waals surface area contributed by atoms with E-state index in [2.05, 4.69) is 20.8 Å². The van der Waals surface area contributed by atoms with Crippen molar-refractivity contribution in [3.8, 4) is 11.5 Å². The lowest BCUT2D eigenvalue weighted by Gasteiger charge is -2.14. The van der Waals surface area contributed by atoms with Crippen LogP contribution in [0.4, 0.5) is 0 Å². The number of carbonyl (C=O) groups is 1. The normalized spacial score (nSPS) is 12.0. The van der Waals surface area contributed by atoms with Crippen molar-refractivity contribution in [2.75, 3.05) is 0 Å². The average Bonchev–Trinajstić information content (AvgIpc) is 2.46. The van der Waals surface area contributed by atoms with E-state index in [0.717, 1.165) is 24.8 Å². The number of aromatic carboxylic acids is 1. The first kappa shape index (κ1) is 19.1. The van der Waals surface area contributed by atoms with Crippen LogP contribution in [0.5, 0.6) is 11.5 Å². The summed E-state index contributed by atoms with van der Waals surface area (Å²) in [7, 11) is 0. The molecule has 0 aliphatic rings. The molecule has 0 fully saturated rings. The summed E-state index contributed by atoms with van der Waals surface area (Å²) in [5.74, 6) is -1.13. The van der Waals surface area contributed by atoms with Crippen LogP contribution in [0.15, 0.2) is 17.7 Å². The van der Waals surface area contributed by atoms with Gasteiger partial charge in [0, 0.05) is 5.56 Å². The molecule has 3 N–H and O–H groups in total. The fraction of sp³-hybridized carbons (Fsp3) is 0.526. The molecular weight excluding hydrogens is 292 g/mol. The van der Waals surface area contributed by atoms with Gasteiger partial charge in [0.05, 0.1) is 0 Å². The zero-order valence-corrected chi connectivity index (χ0v) is 14.5. The molecule has 0 spiro atoms. The Balaban J connectivity index is 3.21. The van der Waals surface area contributed by atoms with Gasteiger partial charge in [0.15, 0.2) is 0 Å². The Hall–Kier alpha value is -1.97. The van der Waals surface area contributed by atoms with E-state index >= 15 is 0 Å². The Morgan fingerprint density at radius 1 is 1.26 bits per heavy atom. The molecule has 0 unspecified atom stereocenters. The highest BCUT2D eigenvalue weighted by molar-refractivity contribution is 5.93. The molecular formula is C19H28O4. The lowest BCUT2D eigenvalue weighted by molar-refractivity contribution is 0.0692. The van der Waals surface area contributed by atoms with Crippen LogP contribution in [0.1, 0.15) is 68.4 Å². The van der Waals surface area contributed by atoms with Gasteiger partial charge in [0.2, 0.25) is 0 Å². The fourth-order valence-corrected chi connectivity index (χ4v) is 2.45. The van der Waals surface area contributed by atoms with E-state index < -0.39 is 5.97 Å². The Morgan fingerprint density at radius 3 is 2.43 bits per heavy atom. The van der Waals surface area contributed by atoms with Crippen molar-refractivity contribution in [3.63, 3.8) is 0 Å². The van der Waals surface area contributed by atoms with E-state index in [0.29, 0.717) is 24.3 Å². The summed E-state index contributed by atoms with van der Waals surface area (Å²) < 4.78 is 0. The third-order valence-corrected chi connectivity index (χ3v) is 4.27. The SMILES string of the molecule is CCCCCc1cc(O)c(CC=C(C)C(C)C)c(O)c1C(=O)O. The Bertz CT molecular complexity index is 586. The second-order valence-corrected chi connectivity index (χ2v) is 6.33. The van der Waals surface area contributed by atoms with Gasteiger partial charge in [-0.3, -0.25) is 0 Å². The molecule has 0 aliphatic heterocycles.